The fourth-order valence-corrected chi connectivity index (χ4v) is 4.90. The summed E-state index contributed by atoms with van der Waals surface area (Å²) in [6.07, 6.45) is 0. The van der Waals surface area contributed by atoms with Crippen LogP contribution in [0.15, 0.2) is 83.8 Å². The van der Waals surface area contributed by atoms with Gasteiger partial charge < -0.3 is 10.1 Å². The van der Waals surface area contributed by atoms with Gasteiger partial charge in [-0.1, -0.05) is 56.3 Å². The van der Waals surface area contributed by atoms with Crippen LogP contribution < -0.4 is 14.4 Å². The number of methoxy groups -OCH3 is 1. The highest BCUT2D eigenvalue weighted by Crippen LogP contribution is 2.26. The lowest BCUT2D eigenvalue weighted by atomic mass is 10.0. The van der Waals surface area contributed by atoms with Gasteiger partial charge in [-0.2, -0.15) is 0 Å². The lowest BCUT2D eigenvalue weighted by Crippen LogP contribution is -2.41. The van der Waals surface area contributed by atoms with Crippen molar-refractivity contribution in [2.45, 2.75) is 37.6 Å². The van der Waals surface area contributed by atoms with Gasteiger partial charge in [0.2, 0.25) is 5.91 Å². The Bertz CT molecular complexity index is 1160. The lowest BCUT2D eigenvalue weighted by molar-refractivity contribution is -0.120. The van der Waals surface area contributed by atoms with E-state index in [2.05, 4.69) is 19.2 Å². The molecule has 3 aromatic rings. The molecule has 1 N–H and O–H groups in total. The van der Waals surface area contributed by atoms with Crippen LogP contribution in [0, 0.1) is 0 Å². The Kier molecular flexibility index (Phi) is 7.76. The largest absolute Gasteiger partial charge is 0.497 e. The van der Waals surface area contributed by atoms with E-state index < -0.39 is 15.9 Å². The molecule has 0 aromatic heterocycles. The number of sulfonamides is 1. The summed E-state index contributed by atoms with van der Waals surface area (Å²) in [4.78, 5) is 13.1. The van der Waals surface area contributed by atoms with Gasteiger partial charge in [-0.3, -0.25) is 9.10 Å². The van der Waals surface area contributed by atoms with Crippen LogP contribution in [-0.2, 0) is 14.8 Å². The molecule has 1 atom stereocenters. The number of hydrogen-bond acceptors (Lipinski definition) is 4. The van der Waals surface area contributed by atoms with Crippen LogP contribution in [0.5, 0.6) is 5.75 Å². The number of benzene rings is 3. The highest BCUT2D eigenvalue weighted by molar-refractivity contribution is 7.92. The molecule has 0 fully saturated rings. The van der Waals surface area contributed by atoms with E-state index in [-0.39, 0.29) is 17.5 Å². The maximum Gasteiger partial charge on any atom is 0.264 e. The van der Waals surface area contributed by atoms with E-state index >= 15 is 0 Å². The van der Waals surface area contributed by atoms with Crippen molar-refractivity contribution in [3.8, 4) is 5.75 Å². The predicted octanol–water partition coefficient (Wildman–Crippen LogP) is 4.89. The zero-order chi connectivity index (χ0) is 24.0. The molecule has 33 heavy (non-hydrogen) atoms. The number of carbonyl (C=O) groups excluding carboxylic acids is 1. The summed E-state index contributed by atoms with van der Waals surface area (Å²) in [6.45, 7) is 5.66. The average molecular weight is 467 g/mol. The third-order valence-corrected chi connectivity index (χ3v) is 7.25. The first kappa shape index (κ1) is 24.3. The molecule has 0 bridgehead atoms. The number of hydrogen-bond donors (Lipinski definition) is 1. The third kappa shape index (κ3) is 5.93. The van der Waals surface area contributed by atoms with Gasteiger partial charge in [0.05, 0.1) is 23.7 Å². The lowest BCUT2D eigenvalue weighted by Gasteiger charge is -2.25. The highest BCUT2D eigenvalue weighted by Gasteiger charge is 2.27. The number of rotatable bonds is 9. The number of nitrogens with one attached hydrogen (secondary N) is 1. The monoisotopic (exact) mass is 466 g/mol. The Morgan fingerprint density at radius 1 is 0.879 bits per heavy atom. The van der Waals surface area contributed by atoms with Gasteiger partial charge in [-0.25, -0.2) is 8.42 Å². The van der Waals surface area contributed by atoms with Crippen molar-refractivity contribution in [3.63, 3.8) is 0 Å². The Morgan fingerprint density at radius 2 is 1.45 bits per heavy atom. The molecular weight excluding hydrogens is 436 g/mol. The van der Waals surface area contributed by atoms with E-state index in [9.17, 15) is 13.2 Å². The SMILES string of the molecule is COc1ccc([C@H](C)NC(=O)CN(c2ccc(C(C)C)cc2)S(=O)(=O)c2ccccc2)cc1. The summed E-state index contributed by atoms with van der Waals surface area (Å²) < 4.78 is 33.2. The number of ether oxygens (including phenoxy) is 1. The fourth-order valence-electron chi connectivity index (χ4n) is 3.45. The molecule has 0 saturated carbocycles. The summed E-state index contributed by atoms with van der Waals surface area (Å²) in [6, 6.07) is 22.5. The molecule has 3 aromatic carbocycles. The summed E-state index contributed by atoms with van der Waals surface area (Å²) in [5.74, 6) is 0.639. The molecule has 174 valence electrons. The molecule has 3 rings (SSSR count). The van der Waals surface area contributed by atoms with Gasteiger partial charge in [0.25, 0.3) is 10.0 Å². The van der Waals surface area contributed by atoms with E-state index in [4.69, 9.17) is 4.74 Å². The molecular formula is C26H30N2O4S. The van der Waals surface area contributed by atoms with E-state index in [0.717, 1.165) is 21.2 Å². The van der Waals surface area contributed by atoms with Crippen molar-refractivity contribution in [2.75, 3.05) is 18.0 Å². The van der Waals surface area contributed by atoms with Crippen LogP contribution in [-0.4, -0.2) is 28.0 Å². The second-order valence-corrected chi connectivity index (χ2v) is 10.00. The van der Waals surface area contributed by atoms with E-state index in [0.29, 0.717) is 11.6 Å². The van der Waals surface area contributed by atoms with Crippen molar-refractivity contribution in [3.05, 3.63) is 90.0 Å². The highest BCUT2D eigenvalue weighted by atomic mass is 32.2. The number of nitrogens with zero attached hydrogens (tertiary/aromatic N) is 1. The van der Waals surface area contributed by atoms with Crippen molar-refractivity contribution < 1.29 is 17.9 Å². The topological polar surface area (TPSA) is 75.7 Å². The minimum atomic E-state index is -3.94. The molecule has 0 aliphatic carbocycles. The summed E-state index contributed by atoms with van der Waals surface area (Å²) >= 11 is 0. The maximum atomic E-state index is 13.4. The molecule has 0 unspecified atom stereocenters. The van der Waals surface area contributed by atoms with Crippen LogP contribution in [0.4, 0.5) is 5.69 Å². The summed E-state index contributed by atoms with van der Waals surface area (Å²) in [7, 11) is -2.34. The Morgan fingerprint density at radius 3 is 2.00 bits per heavy atom. The van der Waals surface area contributed by atoms with Crippen molar-refractivity contribution >= 4 is 21.6 Å². The van der Waals surface area contributed by atoms with Gasteiger partial charge in [-0.15, -0.1) is 0 Å². The third-order valence-electron chi connectivity index (χ3n) is 5.46. The van der Waals surface area contributed by atoms with E-state index in [1.165, 1.54) is 12.1 Å². The summed E-state index contributed by atoms with van der Waals surface area (Å²) in [5, 5.41) is 2.90. The van der Waals surface area contributed by atoms with Gasteiger partial charge in [0.1, 0.15) is 12.3 Å². The summed E-state index contributed by atoms with van der Waals surface area (Å²) in [5.41, 5.74) is 2.42. The zero-order valence-electron chi connectivity index (χ0n) is 19.4. The second kappa shape index (κ2) is 10.5. The predicted molar refractivity (Wildman–Crippen MR) is 131 cm³/mol. The minimum Gasteiger partial charge on any atom is -0.497 e. The Labute approximate surface area is 196 Å². The van der Waals surface area contributed by atoms with Gasteiger partial charge >= 0.3 is 0 Å². The smallest absolute Gasteiger partial charge is 0.264 e. The first-order valence-corrected chi connectivity index (χ1v) is 12.3. The van der Waals surface area contributed by atoms with Crippen LogP contribution in [0.2, 0.25) is 0 Å². The molecule has 0 heterocycles. The molecule has 0 aliphatic rings. The van der Waals surface area contributed by atoms with Crippen LogP contribution in [0.1, 0.15) is 43.9 Å². The Balaban J connectivity index is 1.86. The van der Waals surface area contributed by atoms with Crippen molar-refractivity contribution in [1.29, 1.82) is 0 Å². The normalized spacial score (nSPS) is 12.3. The van der Waals surface area contributed by atoms with Gasteiger partial charge in [0.15, 0.2) is 0 Å². The molecule has 7 heteroatoms. The number of carbonyl (C=O) groups is 1. The molecule has 6 nitrogen and oxygen atoms in total. The standard InChI is InChI=1S/C26H30N2O4S/c1-19(2)21-10-14-23(15-11-21)28(33(30,31)25-8-6-5-7-9-25)18-26(29)27-20(3)22-12-16-24(32-4)17-13-22/h5-17,19-20H,18H2,1-4H3,(H,27,29)/t20-/m0/s1. The van der Waals surface area contributed by atoms with Crippen LogP contribution >= 0.6 is 0 Å². The Hall–Kier alpha value is -3.32. The molecule has 0 aliphatic heterocycles. The first-order valence-electron chi connectivity index (χ1n) is 10.8. The van der Waals surface area contributed by atoms with Crippen LogP contribution in [0.25, 0.3) is 0 Å². The maximum absolute atomic E-state index is 13.4. The number of amides is 1. The first-order chi connectivity index (χ1) is 15.7. The zero-order valence-corrected chi connectivity index (χ0v) is 20.2. The minimum absolute atomic E-state index is 0.133. The molecule has 0 radical (unpaired) electrons. The average Bonchev–Trinajstić information content (AvgIpc) is 2.83. The van der Waals surface area contributed by atoms with E-state index in [1.807, 2.05) is 43.3 Å². The number of anilines is 1. The fraction of sp³-hybridized carbons (Fsp3) is 0.269. The van der Waals surface area contributed by atoms with Crippen molar-refractivity contribution in [2.24, 2.45) is 0 Å². The molecule has 0 saturated heterocycles. The molecule has 1 amide bonds. The van der Waals surface area contributed by atoms with Crippen LogP contribution in [0.3, 0.4) is 0 Å². The van der Waals surface area contributed by atoms with Gasteiger partial charge in [-0.05, 0) is 60.4 Å². The van der Waals surface area contributed by atoms with Gasteiger partial charge in [0, 0.05) is 0 Å². The van der Waals surface area contributed by atoms with E-state index in [1.54, 1.807) is 37.4 Å². The second-order valence-electron chi connectivity index (χ2n) is 8.13. The van der Waals surface area contributed by atoms with Crippen molar-refractivity contribution in [1.82, 2.24) is 5.32 Å². The molecule has 0 spiro atoms. The quantitative estimate of drug-likeness (QED) is 0.487.